The lowest BCUT2D eigenvalue weighted by atomic mass is 10.3. The van der Waals surface area contributed by atoms with E-state index in [1.807, 2.05) is 36.7 Å². The van der Waals surface area contributed by atoms with E-state index in [0.717, 1.165) is 75.4 Å². The number of aryl methyl sites for hydroxylation is 2. The van der Waals surface area contributed by atoms with E-state index in [-0.39, 0.29) is 0 Å². The first-order valence-corrected chi connectivity index (χ1v) is 9.12. The summed E-state index contributed by atoms with van der Waals surface area (Å²) >= 11 is 0. The molecule has 4 rings (SSSR count). The van der Waals surface area contributed by atoms with E-state index in [1.54, 1.807) is 0 Å². The molecule has 0 aromatic carbocycles. The lowest BCUT2D eigenvalue weighted by molar-refractivity contribution is 0.534. The molecule has 2 aromatic rings. The molecule has 0 bridgehead atoms. The Bertz CT molecular complexity index is 646. The lowest BCUT2D eigenvalue weighted by Crippen LogP contribution is -2.44. The second-order valence-electron chi connectivity index (χ2n) is 6.43. The Morgan fingerprint density at radius 3 is 2.08 bits per heavy atom. The van der Waals surface area contributed by atoms with Crippen molar-refractivity contribution in [2.45, 2.75) is 13.8 Å². The Hall–Kier alpha value is -1.96. The van der Waals surface area contributed by atoms with Crippen LogP contribution in [0.5, 0.6) is 0 Å². The van der Waals surface area contributed by atoms with Crippen LogP contribution in [-0.2, 0) is 0 Å². The fraction of sp³-hybridized carbons (Fsp3) is 0.556. The van der Waals surface area contributed by atoms with Crippen molar-refractivity contribution >= 4 is 5.82 Å². The Morgan fingerprint density at radius 1 is 0.840 bits per heavy atom. The summed E-state index contributed by atoms with van der Waals surface area (Å²) in [6.45, 7) is 12.6. The van der Waals surface area contributed by atoms with Gasteiger partial charge in [-0.1, -0.05) is 6.07 Å². The van der Waals surface area contributed by atoms with Crippen molar-refractivity contribution in [3.05, 3.63) is 35.7 Å². The number of rotatable bonds is 2. The Labute approximate surface area is 149 Å². The summed E-state index contributed by atoms with van der Waals surface area (Å²) in [5.74, 6) is 2.03. The molecule has 4 heterocycles. The average Bonchev–Trinajstić information content (AvgIpc) is 3.06. The first-order valence-electron chi connectivity index (χ1n) is 9.12. The number of hydrogen-bond donors (Lipinski definition) is 3. The van der Waals surface area contributed by atoms with Crippen molar-refractivity contribution in [2.75, 3.05) is 57.3 Å². The van der Waals surface area contributed by atoms with Gasteiger partial charge in [0, 0.05) is 64.1 Å². The molecule has 2 aromatic heterocycles. The SMILES string of the molecule is C1CNCCN1.Cc1cccc(-n2nc(C)cc2N2CCNCC2)n1. The molecule has 25 heavy (non-hydrogen) atoms. The van der Waals surface area contributed by atoms with Crippen LogP contribution in [0.4, 0.5) is 5.82 Å². The van der Waals surface area contributed by atoms with Crippen LogP contribution in [-0.4, -0.2) is 67.1 Å². The third-order valence-corrected chi connectivity index (χ3v) is 4.30. The first kappa shape index (κ1) is 17.8. The molecule has 0 amide bonds. The third-order valence-electron chi connectivity index (χ3n) is 4.30. The summed E-state index contributed by atoms with van der Waals surface area (Å²) in [6, 6.07) is 8.17. The average molecular weight is 343 g/mol. The third kappa shape index (κ3) is 5.01. The van der Waals surface area contributed by atoms with Crippen molar-refractivity contribution in [3.8, 4) is 5.82 Å². The minimum Gasteiger partial charge on any atom is -0.354 e. The molecular weight excluding hydrogens is 314 g/mol. The molecule has 2 aliphatic rings. The van der Waals surface area contributed by atoms with Crippen LogP contribution in [0.15, 0.2) is 24.3 Å². The second-order valence-corrected chi connectivity index (χ2v) is 6.43. The molecule has 2 fully saturated rings. The van der Waals surface area contributed by atoms with Gasteiger partial charge in [-0.2, -0.15) is 9.78 Å². The van der Waals surface area contributed by atoms with E-state index >= 15 is 0 Å². The molecule has 0 aliphatic carbocycles. The van der Waals surface area contributed by atoms with E-state index in [2.05, 4.69) is 37.0 Å². The number of piperazine rings is 2. The highest BCUT2D eigenvalue weighted by Crippen LogP contribution is 2.20. The summed E-state index contributed by atoms with van der Waals surface area (Å²) in [7, 11) is 0. The van der Waals surface area contributed by atoms with Crippen LogP contribution in [0.25, 0.3) is 5.82 Å². The summed E-state index contributed by atoms with van der Waals surface area (Å²) in [6.07, 6.45) is 0. The van der Waals surface area contributed by atoms with E-state index in [0.29, 0.717) is 0 Å². The molecule has 3 N–H and O–H groups in total. The highest BCUT2D eigenvalue weighted by molar-refractivity contribution is 5.46. The number of pyridine rings is 1. The van der Waals surface area contributed by atoms with Crippen molar-refractivity contribution < 1.29 is 0 Å². The van der Waals surface area contributed by atoms with Gasteiger partial charge in [0.15, 0.2) is 5.82 Å². The van der Waals surface area contributed by atoms with Crippen molar-refractivity contribution in [2.24, 2.45) is 0 Å². The van der Waals surface area contributed by atoms with Crippen LogP contribution >= 0.6 is 0 Å². The van der Waals surface area contributed by atoms with Gasteiger partial charge in [-0.15, -0.1) is 0 Å². The maximum absolute atomic E-state index is 4.59. The van der Waals surface area contributed by atoms with Crippen molar-refractivity contribution in [1.29, 1.82) is 0 Å². The zero-order valence-electron chi connectivity index (χ0n) is 15.3. The van der Waals surface area contributed by atoms with Gasteiger partial charge in [-0.05, 0) is 26.0 Å². The summed E-state index contributed by atoms with van der Waals surface area (Å²) < 4.78 is 1.95. The second kappa shape index (κ2) is 8.94. The van der Waals surface area contributed by atoms with Crippen LogP contribution in [0.1, 0.15) is 11.4 Å². The smallest absolute Gasteiger partial charge is 0.155 e. The van der Waals surface area contributed by atoms with Gasteiger partial charge in [0.2, 0.25) is 0 Å². The van der Waals surface area contributed by atoms with Gasteiger partial charge in [0.25, 0.3) is 0 Å². The number of aromatic nitrogens is 3. The van der Waals surface area contributed by atoms with Crippen molar-refractivity contribution in [1.82, 2.24) is 30.7 Å². The predicted molar refractivity (Wildman–Crippen MR) is 102 cm³/mol. The molecule has 0 unspecified atom stereocenters. The zero-order valence-corrected chi connectivity index (χ0v) is 15.3. The molecule has 2 aliphatic heterocycles. The zero-order chi connectivity index (χ0) is 17.5. The largest absolute Gasteiger partial charge is 0.354 e. The fourth-order valence-corrected chi connectivity index (χ4v) is 3.02. The number of anilines is 1. The molecule has 7 nitrogen and oxygen atoms in total. The van der Waals surface area contributed by atoms with Crippen LogP contribution in [0.3, 0.4) is 0 Å². The molecule has 7 heteroatoms. The summed E-state index contributed by atoms with van der Waals surface area (Å²) in [5.41, 5.74) is 2.04. The summed E-state index contributed by atoms with van der Waals surface area (Å²) in [4.78, 5) is 6.93. The van der Waals surface area contributed by atoms with Crippen LogP contribution < -0.4 is 20.9 Å². The monoisotopic (exact) mass is 343 g/mol. The quantitative estimate of drug-likeness (QED) is 0.737. The number of nitrogens with zero attached hydrogens (tertiary/aromatic N) is 4. The molecule has 0 atom stereocenters. The van der Waals surface area contributed by atoms with E-state index < -0.39 is 0 Å². The normalized spacial score (nSPS) is 17.8. The van der Waals surface area contributed by atoms with Gasteiger partial charge in [-0.25, -0.2) is 4.98 Å². The van der Waals surface area contributed by atoms with Crippen LogP contribution in [0.2, 0.25) is 0 Å². The molecule has 0 radical (unpaired) electrons. The Balaban J connectivity index is 0.000000258. The standard InChI is InChI=1S/C14H19N5.C4H10N2/c1-11-4-3-5-13(16-11)19-14(10-12(2)17-19)18-8-6-15-7-9-18;1-2-6-4-3-5-1/h3-5,10,15H,6-9H2,1-2H3;5-6H,1-4H2. The number of hydrogen-bond acceptors (Lipinski definition) is 6. The molecule has 2 saturated heterocycles. The fourth-order valence-electron chi connectivity index (χ4n) is 3.02. The van der Waals surface area contributed by atoms with Gasteiger partial charge in [0.05, 0.1) is 5.69 Å². The minimum absolute atomic E-state index is 0.890. The Kier molecular flexibility index (Phi) is 6.38. The minimum atomic E-state index is 0.890. The molecular formula is C18H29N7. The Morgan fingerprint density at radius 2 is 1.48 bits per heavy atom. The van der Waals surface area contributed by atoms with Gasteiger partial charge >= 0.3 is 0 Å². The van der Waals surface area contributed by atoms with E-state index in [4.69, 9.17) is 0 Å². The highest BCUT2D eigenvalue weighted by atomic mass is 15.4. The van der Waals surface area contributed by atoms with Crippen LogP contribution in [0, 0.1) is 13.8 Å². The predicted octanol–water partition coefficient (Wildman–Crippen LogP) is 0.473. The topological polar surface area (TPSA) is 70.0 Å². The van der Waals surface area contributed by atoms with E-state index in [1.165, 1.54) is 0 Å². The van der Waals surface area contributed by atoms with Gasteiger partial charge in [-0.3, -0.25) is 0 Å². The molecule has 136 valence electrons. The van der Waals surface area contributed by atoms with Gasteiger partial charge in [0.1, 0.15) is 5.82 Å². The molecule has 0 spiro atoms. The highest BCUT2D eigenvalue weighted by Gasteiger charge is 2.17. The number of nitrogens with one attached hydrogen (secondary N) is 3. The first-order chi connectivity index (χ1) is 12.2. The maximum Gasteiger partial charge on any atom is 0.155 e. The van der Waals surface area contributed by atoms with E-state index in [9.17, 15) is 0 Å². The maximum atomic E-state index is 4.59. The molecule has 0 saturated carbocycles. The lowest BCUT2D eigenvalue weighted by Gasteiger charge is -2.29. The summed E-state index contributed by atoms with van der Waals surface area (Å²) in [5, 5.41) is 14.4. The van der Waals surface area contributed by atoms with Gasteiger partial charge < -0.3 is 20.9 Å². The van der Waals surface area contributed by atoms with Crippen molar-refractivity contribution in [3.63, 3.8) is 0 Å².